The summed E-state index contributed by atoms with van der Waals surface area (Å²) < 4.78 is 0. The highest BCUT2D eigenvalue weighted by molar-refractivity contribution is 5.94. The Kier molecular flexibility index (Phi) is 5.67. The first-order valence-corrected chi connectivity index (χ1v) is 5.99. The third kappa shape index (κ3) is 5.07. The van der Waals surface area contributed by atoms with E-state index in [4.69, 9.17) is 10.8 Å². The summed E-state index contributed by atoms with van der Waals surface area (Å²) in [6.45, 7) is 0.495. The van der Waals surface area contributed by atoms with Gasteiger partial charge < -0.3 is 10.8 Å². The van der Waals surface area contributed by atoms with Gasteiger partial charge in [0.15, 0.2) is 0 Å². The molecule has 0 unspecified atom stereocenters. The number of aromatic carboxylic acids is 1. The number of imide groups is 1. The number of carbonyl (C=O) groups excluding carboxylic acids is 2. The topological polar surface area (TPSA) is 113 Å². The summed E-state index contributed by atoms with van der Waals surface area (Å²) in [5.74, 6) is -1.47. The lowest BCUT2D eigenvalue weighted by atomic mass is 10.0. The minimum atomic E-state index is -0.977. The molecule has 0 heterocycles. The number of primary amides is 1. The second-order valence-corrected chi connectivity index (χ2v) is 4.36. The average molecular weight is 279 g/mol. The molecule has 0 aromatic heterocycles. The van der Waals surface area contributed by atoms with E-state index in [1.807, 2.05) is 5.32 Å². The minimum absolute atomic E-state index is 0.0121. The summed E-state index contributed by atoms with van der Waals surface area (Å²) in [4.78, 5) is 34.5. The molecule has 1 rings (SSSR count). The lowest BCUT2D eigenvalue weighted by molar-refractivity contribution is -0.120. The first-order valence-electron chi connectivity index (χ1n) is 5.99. The van der Waals surface area contributed by atoms with E-state index >= 15 is 0 Å². The molecule has 0 aliphatic heterocycles. The summed E-state index contributed by atoms with van der Waals surface area (Å²) in [7, 11) is 1.70. The number of carboxylic acids is 1. The Hall–Kier alpha value is -2.41. The van der Waals surface area contributed by atoms with Gasteiger partial charge in [-0.05, 0) is 25.1 Å². The number of nitrogens with one attached hydrogen (secondary N) is 1. The number of carboxylic acid groups (broad SMARTS) is 1. The summed E-state index contributed by atoms with van der Waals surface area (Å²) in [6, 6.07) is 5.82. The number of carbonyl (C=O) groups is 3. The Morgan fingerprint density at radius 3 is 2.55 bits per heavy atom. The summed E-state index contributed by atoms with van der Waals surface area (Å²) in [6.07, 6.45) is 0.489. The molecule has 1 aromatic carbocycles. The van der Waals surface area contributed by atoms with Gasteiger partial charge in [-0.15, -0.1) is 0 Å². The highest BCUT2D eigenvalue weighted by Crippen LogP contribution is 2.09. The lowest BCUT2D eigenvalue weighted by Crippen LogP contribution is -2.41. The number of nitrogens with zero attached hydrogens (tertiary/aromatic N) is 1. The van der Waals surface area contributed by atoms with E-state index in [0.29, 0.717) is 18.5 Å². The van der Waals surface area contributed by atoms with E-state index in [9.17, 15) is 14.4 Å². The van der Waals surface area contributed by atoms with Crippen molar-refractivity contribution in [1.82, 2.24) is 10.2 Å². The molecule has 3 amide bonds. The van der Waals surface area contributed by atoms with Crippen molar-refractivity contribution >= 4 is 17.9 Å². The van der Waals surface area contributed by atoms with Gasteiger partial charge in [-0.3, -0.25) is 15.0 Å². The van der Waals surface area contributed by atoms with Crippen molar-refractivity contribution in [2.24, 2.45) is 5.73 Å². The van der Waals surface area contributed by atoms with Crippen LogP contribution in [-0.4, -0.2) is 48.1 Å². The number of likely N-dealkylation sites (N-methyl/N-ethyl adjacent to an activating group) is 1. The lowest BCUT2D eigenvalue weighted by Gasteiger charge is -2.16. The molecule has 20 heavy (non-hydrogen) atoms. The zero-order valence-electron chi connectivity index (χ0n) is 11.1. The molecular formula is C13H17N3O4. The van der Waals surface area contributed by atoms with Crippen molar-refractivity contribution < 1.29 is 19.5 Å². The van der Waals surface area contributed by atoms with Gasteiger partial charge in [-0.1, -0.05) is 18.2 Å². The smallest absolute Gasteiger partial charge is 0.335 e. The number of urea groups is 1. The monoisotopic (exact) mass is 279 g/mol. The van der Waals surface area contributed by atoms with Gasteiger partial charge in [0.2, 0.25) is 5.91 Å². The molecule has 7 nitrogen and oxygen atoms in total. The molecule has 1 aromatic rings. The van der Waals surface area contributed by atoms with Crippen LogP contribution in [0, 0.1) is 0 Å². The Morgan fingerprint density at radius 2 is 1.95 bits per heavy atom. The molecule has 0 aliphatic rings. The van der Waals surface area contributed by atoms with Crippen molar-refractivity contribution in [2.45, 2.75) is 6.42 Å². The van der Waals surface area contributed by atoms with E-state index in [1.54, 1.807) is 30.1 Å². The first kappa shape index (κ1) is 15.6. The van der Waals surface area contributed by atoms with E-state index in [-0.39, 0.29) is 12.1 Å². The third-order valence-corrected chi connectivity index (χ3v) is 2.69. The molecule has 0 saturated carbocycles. The summed E-state index contributed by atoms with van der Waals surface area (Å²) in [5.41, 5.74) is 5.78. The van der Waals surface area contributed by atoms with Gasteiger partial charge in [0, 0.05) is 6.54 Å². The zero-order chi connectivity index (χ0) is 15.1. The SMILES string of the molecule is CN(CCc1ccccc1C(=O)O)CC(=O)NC(N)=O. The quantitative estimate of drug-likeness (QED) is 0.681. The Bertz CT molecular complexity index is 516. The van der Waals surface area contributed by atoms with Gasteiger partial charge in [0.1, 0.15) is 0 Å². The molecule has 4 N–H and O–H groups in total. The van der Waals surface area contributed by atoms with Crippen LogP contribution in [0.15, 0.2) is 24.3 Å². The van der Waals surface area contributed by atoms with Crippen LogP contribution in [0.5, 0.6) is 0 Å². The van der Waals surface area contributed by atoms with E-state index in [0.717, 1.165) is 0 Å². The number of hydrogen-bond donors (Lipinski definition) is 3. The number of hydrogen-bond acceptors (Lipinski definition) is 4. The van der Waals surface area contributed by atoms with Crippen LogP contribution in [0.2, 0.25) is 0 Å². The molecule has 0 bridgehead atoms. The van der Waals surface area contributed by atoms with Gasteiger partial charge in [-0.2, -0.15) is 0 Å². The number of amides is 3. The summed E-state index contributed by atoms with van der Waals surface area (Å²) >= 11 is 0. The highest BCUT2D eigenvalue weighted by Gasteiger charge is 2.11. The van der Waals surface area contributed by atoms with E-state index in [2.05, 4.69) is 0 Å². The fourth-order valence-electron chi connectivity index (χ4n) is 1.76. The van der Waals surface area contributed by atoms with Crippen LogP contribution in [0.25, 0.3) is 0 Å². The molecule has 0 atom stereocenters. The maximum Gasteiger partial charge on any atom is 0.335 e. The van der Waals surface area contributed by atoms with Crippen molar-refractivity contribution in [3.8, 4) is 0 Å². The van der Waals surface area contributed by atoms with Crippen LogP contribution in [-0.2, 0) is 11.2 Å². The van der Waals surface area contributed by atoms with Gasteiger partial charge in [0.05, 0.1) is 12.1 Å². The second-order valence-electron chi connectivity index (χ2n) is 4.36. The zero-order valence-corrected chi connectivity index (χ0v) is 11.1. The molecule has 0 radical (unpaired) electrons. The number of nitrogens with two attached hydrogens (primary N) is 1. The fourth-order valence-corrected chi connectivity index (χ4v) is 1.76. The third-order valence-electron chi connectivity index (χ3n) is 2.69. The fraction of sp³-hybridized carbons (Fsp3) is 0.308. The average Bonchev–Trinajstić information content (AvgIpc) is 2.35. The standard InChI is InChI=1S/C13H17N3O4/c1-16(8-11(17)15-13(14)20)7-6-9-4-2-3-5-10(9)12(18)19/h2-5H,6-8H2,1H3,(H,18,19)(H3,14,15,17,20). The van der Waals surface area contributed by atoms with Gasteiger partial charge in [0.25, 0.3) is 0 Å². The molecular weight excluding hydrogens is 262 g/mol. The Labute approximate surface area is 116 Å². The van der Waals surface area contributed by atoms with Crippen molar-refractivity contribution in [2.75, 3.05) is 20.1 Å². The van der Waals surface area contributed by atoms with Gasteiger partial charge in [-0.25, -0.2) is 9.59 Å². The predicted molar refractivity (Wildman–Crippen MR) is 72.3 cm³/mol. The normalized spacial score (nSPS) is 10.3. The molecule has 0 aliphatic carbocycles. The predicted octanol–water partition coefficient (Wildman–Crippen LogP) is 0.0540. The minimum Gasteiger partial charge on any atom is -0.478 e. The molecule has 0 saturated heterocycles. The number of rotatable bonds is 6. The molecule has 108 valence electrons. The first-order chi connectivity index (χ1) is 9.40. The second kappa shape index (κ2) is 7.25. The van der Waals surface area contributed by atoms with Crippen LogP contribution < -0.4 is 11.1 Å². The molecule has 0 spiro atoms. The Balaban J connectivity index is 2.53. The van der Waals surface area contributed by atoms with Crippen LogP contribution >= 0.6 is 0 Å². The van der Waals surface area contributed by atoms with Crippen molar-refractivity contribution in [3.05, 3.63) is 35.4 Å². The molecule has 7 heteroatoms. The largest absolute Gasteiger partial charge is 0.478 e. The number of benzene rings is 1. The highest BCUT2D eigenvalue weighted by atomic mass is 16.4. The van der Waals surface area contributed by atoms with Crippen molar-refractivity contribution in [1.29, 1.82) is 0 Å². The maximum absolute atomic E-state index is 11.3. The van der Waals surface area contributed by atoms with Crippen molar-refractivity contribution in [3.63, 3.8) is 0 Å². The van der Waals surface area contributed by atoms with Crippen LogP contribution in [0.3, 0.4) is 0 Å². The van der Waals surface area contributed by atoms with E-state index < -0.39 is 17.9 Å². The van der Waals surface area contributed by atoms with Gasteiger partial charge >= 0.3 is 12.0 Å². The Morgan fingerprint density at radius 1 is 1.30 bits per heavy atom. The molecule has 0 fully saturated rings. The van der Waals surface area contributed by atoms with Crippen LogP contribution in [0.1, 0.15) is 15.9 Å². The van der Waals surface area contributed by atoms with Crippen LogP contribution in [0.4, 0.5) is 4.79 Å². The van der Waals surface area contributed by atoms with E-state index in [1.165, 1.54) is 6.07 Å². The summed E-state index contributed by atoms with van der Waals surface area (Å²) in [5, 5.41) is 11.0. The maximum atomic E-state index is 11.3.